The van der Waals surface area contributed by atoms with E-state index < -0.39 is 6.10 Å². The van der Waals surface area contributed by atoms with Gasteiger partial charge in [0, 0.05) is 6.54 Å². The Bertz CT molecular complexity index is 637. The van der Waals surface area contributed by atoms with Gasteiger partial charge in [-0.15, -0.1) is 0 Å². The molecule has 1 atom stereocenters. The fourth-order valence-electron chi connectivity index (χ4n) is 2.17. The molecule has 1 unspecified atom stereocenters. The number of benzene rings is 2. The first-order valence-electron chi connectivity index (χ1n) is 7.92. The molecule has 0 heterocycles. The van der Waals surface area contributed by atoms with Crippen molar-refractivity contribution in [1.82, 2.24) is 5.32 Å². The first-order chi connectivity index (χ1) is 11.6. The van der Waals surface area contributed by atoms with Crippen LogP contribution < -0.4 is 14.8 Å². The number of aliphatic hydroxyl groups is 1. The SMILES string of the molecule is CCC(O)c1ccc(OCC(=O)NCc2ccc(OC)cc2)cc1. The van der Waals surface area contributed by atoms with Crippen LogP contribution in [-0.4, -0.2) is 24.7 Å². The first-order valence-corrected chi connectivity index (χ1v) is 7.92. The summed E-state index contributed by atoms with van der Waals surface area (Å²) in [5, 5.41) is 12.5. The number of rotatable bonds is 8. The molecule has 0 aromatic heterocycles. The van der Waals surface area contributed by atoms with E-state index >= 15 is 0 Å². The number of hydrogen-bond acceptors (Lipinski definition) is 4. The van der Waals surface area contributed by atoms with Crippen molar-refractivity contribution in [2.75, 3.05) is 13.7 Å². The van der Waals surface area contributed by atoms with Crippen LogP contribution in [0.4, 0.5) is 0 Å². The lowest BCUT2D eigenvalue weighted by molar-refractivity contribution is -0.123. The number of aliphatic hydroxyl groups excluding tert-OH is 1. The average Bonchev–Trinajstić information content (AvgIpc) is 2.64. The zero-order valence-corrected chi connectivity index (χ0v) is 14.0. The van der Waals surface area contributed by atoms with Crippen LogP contribution in [0.25, 0.3) is 0 Å². The Balaban J connectivity index is 1.76. The lowest BCUT2D eigenvalue weighted by Crippen LogP contribution is -2.28. The smallest absolute Gasteiger partial charge is 0.258 e. The molecule has 0 radical (unpaired) electrons. The second kappa shape index (κ2) is 8.93. The van der Waals surface area contributed by atoms with Crippen molar-refractivity contribution in [3.05, 3.63) is 59.7 Å². The van der Waals surface area contributed by atoms with Gasteiger partial charge in [0.25, 0.3) is 5.91 Å². The average molecular weight is 329 g/mol. The summed E-state index contributed by atoms with van der Waals surface area (Å²) in [5.41, 5.74) is 1.83. The standard InChI is InChI=1S/C19H23NO4/c1-3-18(21)15-6-10-17(11-7-15)24-13-19(22)20-12-14-4-8-16(23-2)9-5-14/h4-11,18,21H,3,12-13H2,1-2H3,(H,20,22). The highest BCUT2D eigenvalue weighted by atomic mass is 16.5. The molecular weight excluding hydrogens is 306 g/mol. The zero-order valence-electron chi connectivity index (χ0n) is 14.0. The molecule has 0 aliphatic rings. The molecule has 0 saturated carbocycles. The lowest BCUT2D eigenvalue weighted by Gasteiger charge is -2.10. The maximum absolute atomic E-state index is 11.8. The van der Waals surface area contributed by atoms with Gasteiger partial charge in [0.2, 0.25) is 0 Å². The second-order valence-electron chi connectivity index (χ2n) is 5.41. The van der Waals surface area contributed by atoms with Crippen LogP contribution in [-0.2, 0) is 11.3 Å². The minimum Gasteiger partial charge on any atom is -0.497 e. The van der Waals surface area contributed by atoms with E-state index in [-0.39, 0.29) is 12.5 Å². The molecule has 2 N–H and O–H groups in total. The molecule has 0 fully saturated rings. The Kier molecular flexibility index (Phi) is 6.63. The van der Waals surface area contributed by atoms with Crippen LogP contribution in [0.15, 0.2) is 48.5 Å². The van der Waals surface area contributed by atoms with Crippen molar-refractivity contribution < 1.29 is 19.4 Å². The van der Waals surface area contributed by atoms with Crippen molar-refractivity contribution in [1.29, 1.82) is 0 Å². The Morgan fingerprint density at radius 2 is 1.71 bits per heavy atom. The summed E-state index contributed by atoms with van der Waals surface area (Å²) in [6, 6.07) is 14.6. The van der Waals surface area contributed by atoms with Gasteiger partial charge in [0.15, 0.2) is 6.61 Å². The fourth-order valence-corrected chi connectivity index (χ4v) is 2.17. The van der Waals surface area contributed by atoms with Gasteiger partial charge in [-0.05, 0) is 41.8 Å². The summed E-state index contributed by atoms with van der Waals surface area (Å²) >= 11 is 0. The van der Waals surface area contributed by atoms with Crippen molar-refractivity contribution in [3.8, 4) is 11.5 Å². The molecule has 5 heteroatoms. The van der Waals surface area contributed by atoms with Gasteiger partial charge < -0.3 is 19.9 Å². The largest absolute Gasteiger partial charge is 0.497 e. The van der Waals surface area contributed by atoms with Gasteiger partial charge in [-0.1, -0.05) is 31.2 Å². The molecule has 24 heavy (non-hydrogen) atoms. The molecule has 2 aromatic carbocycles. The number of ether oxygens (including phenoxy) is 2. The molecule has 2 rings (SSSR count). The summed E-state index contributed by atoms with van der Waals surface area (Å²) in [7, 11) is 1.61. The fraction of sp³-hybridized carbons (Fsp3) is 0.316. The number of nitrogens with one attached hydrogen (secondary N) is 1. The highest BCUT2D eigenvalue weighted by molar-refractivity contribution is 5.77. The number of methoxy groups -OCH3 is 1. The molecular formula is C19H23NO4. The quantitative estimate of drug-likeness (QED) is 0.781. The third-order valence-corrected chi connectivity index (χ3v) is 3.67. The van der Waals surface area contributed by atoms with E-state index in [0.29, 0.717) is 18.7 Å². The molecule has 128 valence electrons. The van der Waals surface area contributed by atoms with Gasteiger partial charge in [-0.3, -0.25) is 4.79 Å². The van der Waals surface area contributed by atoms with E-state index in [1.54, 1.807) is 31.4 Å². The van der Waals surface area contributed by atoms with Gasteiger partial charge in [0.1, 0.15) is 11.5 Å². The number of hydrogen-bond donors (Lipinski definition) is 2. The minimum absolute atomic E-state index is 0.0498. The van der Waals surface area contributed by atoms with Crippen molar-refractivity contribution in [3.63, 3.8) is 0 Å². The van der Waals surface area contributed by atoms with E-state index in [9.17, 15) is 9.90 Å². The predicted molar refractivity (Wildman–Crippen MR) is 92.0 cm³/mol. The third kappa shape index (κ3) is 5.28. The maximum Gasteiger partial charge on any atom is 0.258 e. The van der Waals surface area contributed by atoms with Gasteiger partial charge in [-0.2, -0.15) is 0 Å². The van der Waals surface area contributed by atoms with Gasteiger partial charge >= 0.3 is 0 Å². The van der Waals surface area contributed by atoms with E-state index in [4.69, 9.17) is 9.47 Å². The van der Waals surface area contributed by atoms with Crippen LogP contribution in [0.2, 0.25) is 0 Å². The number of amides is 1. The van der Waals surface area contributed by atoms with E-state index in [0.717, 1.165) is 16.9 Å². The number of carbonyl (C=O) groups excluding carboxylic acids is 1. The predicted octanol–water partition coefficient (Wildman–Crippen LogP) is 2.83. The maximum atomic E-state index is 11.8. The third-order valence-electron chi connectivity index (χ3n) is 3.67. The van der Waals surface area contributed by atoms with Crippen molar-refractivity contribution >= 4 is 5.91 Å². The van der Waals surface area contributed by atoms with E-state index in [2.05, 4.69) is 5.32 Å². The van der Waals surface area contributed by atoms with Crippen molar-refractivity contribution in [2.24, 2.45) is 0 Å². The van der Waals surface area contributed by atoms with Crippen molar-refractivity contribution in [2.45, 2.75) is 26.0 Å². The van der Waals surface area contributed by atoms with Gasteiger partial charge in [0.05, 0.1) is 13.2 Å². The molecule has 0 saturated heterocycles. The summed E-state index contributed by atoms with van der Waals surface area (Å²) in [6.07, 6.45) is 0.195. The van der Waals surface area contributed by atoms with Crippen LogP contribution in [0.5, 0.6) is 11.5 Å². The topological polar surface area (TPSA) is 67.8 Å². The summed E-state index contributed by atoms with van der Waals surface area (Å²) in [4.78, 5) is 11.8. The molecule has 0 aliphatic heterocycles. The molecule has 2 aromatic rings. The highest BCUT2D eigenvalue weighted by Crippen LogP contribution is 2.19. The Morgan fingerprint density at radius 1 is 1.08 bits per heavy atom. The van der Waals surface area contributed by atoms with Gasteiger partial charge in [-0.25, -0.2) is 0 Å². The Hall–Kier alpha value is -2.53. The summed E-state index contributed by atoms with van der Waals surface area (Å²) < 4.78 is 10.5. The Labute approximate surface area is 142 Å². The summed E-state index contributed by atoms with van der Waals surface area (Å²) in [6.45, 7) is 2.31. The van der Waals surface area contributed by atoms with Crippen LogP contribution in [0.1, 0.15) is 30.6 Å². The second-order valence-corrected chi connectivity index (χ2v) is 5.41. The first kappa shape index (κ1) is 17.8. The molecule has 0 aliphatic carbocycles. The molecule has 5 nitrogen and oxygen atoms in total. The van der Waals surface area contributed by atoms with Crippen LogP contribution in [0, 0.1) is 0 Å². The Morgan fingerprint density at radius 3 is 2.29 bits per heavy atom. The monoisotopic (exact) mass is 329 g/mol. The molecule has 1 amide bonds. The van der Waals surface area contributed by atoms with Crippen LogP contribution >= 0.6 is 0 Å². The highest BCUT2D eigenvalue weighted by Gasteiger charge is 2.06. The minimum atomic E-state index is -0.466. The van der Waals surface area contributed by atoms with E-state index in [1.165, 1.54) is 0 Å². The zero-order chi connectivity index (χ0) is 17.4. The van der Waals surface area contributed by atoms with E-state index in [1.807, 2.05) is 31.2 Å². The normalized spacial score (nSPS) is 11.6. The summed E-state index contributed by atoms with van der Waals surface area (Å²) in [5.74, 6) is 1.19. The molecule has 0 spiro atoms. The lowest BCUT2D eigenvalue weighted by atomic mass is 10.1. The number of carbonyl (C=O) groups is 1. The molecule has 0 bridgehead atoms. The van der Waals surface area contributed by atoms with Crippen LogP contribution in [0.3, 0.4) is 0 Å².